The maximum Gasteiger partial charge on any atom is 0.220 e. The molecule has 2 aromatic rings. The van der Waals surface area contributed by atoms with Crippen LogP contribution in [0.25, 0.3) is 0 Å². The molecular weight excluding hydrogens is 252 g/mol. The van der Waals surface area contributed by atoms with Crippen LogP contribution in [0.2, 0.25) is 0 Å². The van der Waals surface area contributed by atoms with Crippen molar-refractivity contribution in [3.63, 3.8) is 0 Å². The predicted octanol–water partition coefficient (Wildman–Crippen LogP) is 2.28. The number of rotatable bonds is 1. The second-order valence-corrected chi connectivity index (χ2v) is 5.15. The molecule has 0 radical (unpaired) electrons. The Morgan fingerprint density at radius 3 is 2.70 bits per heavy atom. The third-order valence-electron chi connectivity index (χ3n) is 3.75. The summed E-state index contributed by atoms with van der Waals surface area (Å²) >= 11 is 0. The summed E-state index contributed by atoms with van der Waals surface area (Å²) < 4.78 is 0. The average Bonchev–Trinajstić information content (AvgIpc) is 2.46. The average molecular weight is 268 g/mol. The Labute approximate surface area is 117 Å². The molecule has 5 heteroatoms. The van der Waals surface area contributed by atoms with Crippen molar-refractivity contribution in [2.45, 2.75) is 25.7 Å². The van der Waals surface area contributed by atoms with Crippen LogP contribution in [0.4, 0.5) is 5.95 Å². The second kappa shape index (κ2) is 4.92. The minimum absolute atomic E-state index is 0.253. The molecule has 1 aliphatic carbocycles. The first-order valence-electron chi connectivity index (χ1n) is 6.56. The first-order chi connectivity index (χ1) is 9.67. The van der Waals surface area contributed by atoms with Gasteiger partial charge in [-0.05, 0) is 24.8 Å². The lowest BCUT2D eigenvalue weighted by atomic mass is 9.81. The predicted molar refractivity (Wildman–Crippen MR) is 77.0 cm³/mol. The molecule has 1 heterocycles. The van der Waals surface area contributed by atoms with Crippen molar-refractivity contribution in [2.24, 2.45) is 5.16 Å². The molecule has 1 aromatic carbocycles. The number of oxime groups is 1. The van der Waals surface area contributed by atoms with E-state index in [9.17, 15) is 5.21 Å². The molecule has 1 atom stereocenters. The van der Waals surface area contributed by atoms with E-state index in [1.165, 1.54) is 11.1 Å². The number of nitrogen functional groups attached to an aromatic ring is 1. The fourth-order valence-corrected chi connectivity index (χ4v) is 2.65. The number of hydrogen-bond acceptors (Lipinski definition) is 5. The Balaban J connectivity index is 2.00. The Morgan fingerprint density at radius 2 is 2.00 bits per heavy atom. The molecule has 1 unspecified atom stereocenters. The monoisotopic (exact) mass is 268 g/mol. The highest BCUT2D eigenvalue weighted by atomic mass is 16.4. The van der Waals surface area contributed by atoms with Crippen LogP contribution in [-0.2, 0) is 6.42 Å². The van der Waals surface area contributed by atoms with Gasteiger partial charge in [-0.1, -0.05) is 35.0 Å². The summed E-state index contributed by atoms with van der Waals surface area (Å²) in [5, 5.41) is 12.6. The van der Waals surface area contributed by atoms with Gasteiger partial charge in [-0.25, -0.2) is 9.97 Å². The highest BCUT2D eigenvalue weighted by Gasteiger charge is 2.26. The minimum atomic E-state index is 0.253. The molecule has 0 saturated heterocycles. The Hall–Kier alpha value is -2.43. The van der Waals surface area contributed by atoms with Crippen molar-refractivity contribution in [2.75, 3.05) is 5.73 Å². The molecule has 1 aliphatic rings. The minimum Gasteiger partial charge on any atom is -0.411 e. The van der Waals surface area contributed by atoms with E-state index >= 15 is 0 Å². The van der Waals surface area contributed by atoms with Crippen molar-refractivity contribution in [1.29, 1.82) is 0 Å². The summed E-state index contributed by atoms with van der Waals surface area (Å²) in [6.45, 7) is 2.06. The van der Waals surface area contributed by atoms with Crippen molar-refractivity contribution < 1.29 is 5.21 Å². The fraction of sp³-hybridized carbons (Fsp3) is 0.267. The summed E-state index contributed by atoms with van der Waals surface area (Å²) in [6.07, 6.45) is 3.10. The molecule has 0 spiro atoms. The van der Waals surface area contributed by atoms with E-state index in [1.54, 1.807) is 6.20 Å². The summed E-state index contributed by atoms with van der Waals surface area (Å²) in [6, 6.07) is 8.42. The highest BCUT2D eigenvalue weighted by Crippen LogP contribution is 2.32. The normalized spacial score (nSPS) is 19.9. The molecule has 0 fully saturated rings. The van der Waals surface area contributed by atoms with Crippen molar-refractivity contribution in [3.8, 4) is 0 Å². The molecule has 5 nitrogen and oxygen atoms in total. The maximum absolute atomic E-state index is 9.22. The van der Waals surface area contributed by atoms with Gasteiger partial charge in [0.25, 0.3) is 0 Å². The number of nitrogens with two attached hydrogens (primary N) is 1. The number of benzene rings is 1. The Kier molecular flexibility index (Phi) is 3.10. The number of nitrogens with zero attached hydrogens (tertiary/aromatic N) is 3. The van der Waals surface area contributed by atoms with Gasteiger partial charge in [0.2, 0.25) is 5.95 Å². The standard InChI is InChI=1S/C15H16N4O/c1-9-2-4-10(5-3-9)11-6-13-12(14(7-11)19-20)8-17-15(16)18-13/h2-5,8,11,20H,6-7H2,1H3,(H2,16,17,18)/b19-14+. The zero-order chi connectivity index (χ0) is 14.1. The lowest BCUT2D eigenvalue weighted by Crippen LogP contribution is -2.22. The summed E-state index contributed by atoms with van der Waals surface area (Å²) in [4.78, 5) is 8.25. The van der Waals surface area contributed by atoms with Crippen LogP contribution in [0.3, 0.4) is 0 Å². The highest BCUT2D eigenvalue weighted by molar-refractivity contribution is 6.02. The number of hydrogen-bond donors (Lipinski definition) is 2. The molecule has 102 valence electrons. The lowest BCUT2D eigenvalue weighted by molar-refractivity contribution is 0.316. The Bertz CT molecular complexity index is 664. The molecule has 0 amide bonds. The zero-order valence-electron chi connectivity index (χ0n) is 11.2. The van der Waals surface area contributed by atoms with Gasteiger partial charge < -0.3 is 10.9 Å². The Morgan fingerprint density at radius 1 is 1.25 bits per heavy atom. The van der Waals surface area contributed by atoms with E-state index in [-0.39, 0.29) is 11.9 Å². The fourth-order valence-electron chi connectivity index (χ4n) is 2.65. The van der Waals surface area contributed by atoms with Gasteiger partial charge in [0.15, 0.2) is 0 Å². The van der Waals surface area contributed by atoms with E-state index in [4.69, 9.17) is 5.73 Å². The van der Waals surface area contributed by atoms with Gasteiger partial charge in [-0.3, -0.25) is 0 Å². The topological polar surface area (TPSA) is 84.4 Å². The van der Waals surface area contributed by atoms with Crippen LogP contribution in [0.15, 0.2) is 35.6 Å². The number of aromatic nitrogens is 2. The summed E-state index contributed by atoms with van der Waals surface area (Å²) in [5.74, 6) is 0.508. The molecule has 0 bridgehead atoms. The van der Waals surface area contributed by atoms with Gasteiger partial charge in [-0.2, -0.15) is 0 Å². The first kappa shape index (κ1) is 12.6. The molecule has 20 heavy (non-hydrogen) atoms. The number of aryl methyl sites for hydroxylation is 1. The lowest BCUT2D eigenvalue weighted by Gasteiger charge is -2.24. The van der Waals surface area contributed by atoms with Gasteiger partial charge in [0.05, 0.1) is 11.4 Å². The smallest absolute Gasteiger partial charge is 0.220 e. The third kappa shape index (κ3) is 2.22. The van der Waals surface area contributed by atoms with Crippen LogP contribution in [-0.4, -0.2) is 20.9 Å². The molecule has 1 aromatic heterocycles. The van der Waals surface area contributed by atoms with Gasteiger partial charge in [0, 0.05) is 18.2 Å². The molecule has 3 N–H and O–H groups in total. The quantitative estimate of drug-likeness (QED) is 0.614. The molecule has 0 saturated carbocycles. The van der Waals surface area contributed by atoms with Crippen LogP contribution in [0, 0.1) is 6.92 Å². The zero-order valence-corrected chi connectivity index (χ0v) is 11.2. The van der Waals surface area contributed by atoms with E-state index in [1.807, 2.05) is 0 Å². The molecule has 0 aliphatic heterocycles. The van der Waals surface area contributed by atoms with Crippen LogP contribution >= 0.6 is 0 Å². The van der Waals surface area contributed by atoms with Crippen LogP contribution in [0.1, 0.15) is 34.7 Å². The van der Waals surface area contributed by atoms with E-state index in [0.29, 0.717) is 12.1 Å². The van der Waals surface area contributed by atoms with Crippen molar-refractivity contribution in [1.82, 2.24) is 9.97 Å². The van der Waals surface area contributed by atoms with Gasteiger partial charge in [-0.15, -0.1) is 0 Å². The maximum atomic E-state index is 9.22. The van der Waals surface area contributed by atoms with Gasteiger partial charge in [0.1, 0.15) is 0 Å². The second-order valence-electron chi connectivity index (χ2n) is 5.15. The van der Waals surface area contributed by atoms with E-state index in [0.717, 1.165) is 17.7 Å². The number of fused-ring (bicyclic) bond motifs is 1. The third-order valence-corrected chi connectivity index (χ3v) is 3.75. The van der Waals surface area contributed by atoms with Crippen molar-refractivity contribution in [3.05, 3.63) is 52.8 Å². The number of anilines is 1. The SMILES string of the molecule is Cc1ccc(C2C/C(=N\O)c3cnc(N)nc3C2)cc1. The molecule has 3 rings (SSSR count). The van der Waals surface area contributed by atoms with Crippen LogP contribution < -0.4 is 5.73 Å². The largest absolute Gasteiger partial charge is 0.411 e. The van der Waals surface area contributed by atoms with Gasteiger partial charge >= 0.3 is 0 Å². The van der Waals surface area contributed by atoms with E-state index in [2.05, 4.69) is 46.3 Å². The molecular formula is C15H16N4O. The van der Waals surface area contributed by atoms with Crippen LogP contribution in [0.5, 0.6) is 0 Å². The van der Waals surface area contributed by atoms with E-state index < -0.39 is 0 Å². The summed E-state index contributed by atoms with van der Waals surface area (Å²) in [5.41, 5.74) is 10.4. The summed E-state index contributed by atoms with van der Waals surface area (Å²) in [7, 11) is 0. The first-order valence-corrected chi connectivity index (χ1v) is 6.56. The van der Waals surface area contributed by atoms with Crippen molar-refractivity contribution >= 4 is 11.7 Å².